The number of rotatable bonds is 6. The van der Waals surface area contributed by atoms with Crippen molar-refractivity contribution in [3.63, 3.8) is 0 Å². The van der Waals surface area contributed by atoms with Crippen molar-refractivity contribution in [1.29, 1.82) is 0 Å². The molecule has 5 nitrogen and oxygen atoms in total. The topological polar surface area (TPSA) is 63.6 Å². The summed E-state index contributed by atoms with van der Waals surface area (Å²) in [6.07, 6.45) is 12.5. The predicted octanol–water partition coefficient (Wildman–Crippen LogP) is 6.77. The molecule has 1 N–H and O–H groups in total. The van der Waals surface area contributed by atoms with E-state index in [1.54, 1.807) is 0 Å². The van der Waals surface area contributed by atoms with Gasteiger partial charge in [0.05, 0.1) is 22.0 Å². The van der Waals surface area contributed by atoms with Crippen LogP contribution in [0.2, 0.25) is 0 Å². The van der Waals surface area contributed by atoms with Crippen molar-refractivity contribution >= 4 is 33.8 Å². The van der Waals surface area contributed by atoms with Crippen LogP contribution in [0.15, 0.2) is 33.7 Å². The molecule has 2 aromatic rings. The van der Waals surface area contributed by atoms with E-state index in [-0.39, 0.29) is 16.8 Å². The van der Waals surface area contributed by atoms with Crippen molar-refractivity contribution in [1.82, 2.24) is 4.98 Å². The van der Waals surface area contributed by atoms with Crippen LogP contribution < -0.4 is 5.32 Å². The highest BCUT2D eigenvalue weighted by atomic mass is 32.2. The molecule has 2 saturated carbocycles. The minimum atomic E-state index is -0.420. The Morgan fingerprint density at radius 2 is 2.00 bits per heavy atom. The third-order valence-corrected chi connectivity index (χ3v) is 8.27. The zero-order valence-corrected chi connectivity index (χ0v) is 19.7. The molecule has 0 saturated heterocycles. The number of amides is 1. The largest absolute Gasteiger partial charge is 0.447 e. The third kappa shape index (κ3) is 5.49. The van der Waals surface area contributed by atoms with E-state index in [0.29, 0.717) is 12.0 Å². The summed E-state index contributed by atoms with van der Waals surface area (Å²) in [5.41, 5.74) is 1.94. The average Bonchev–Trinajstić information content (AvgIpc) is 3.40. The Kier molecular flexibility index (Phi) is 6.88. The van der Waals surface area contributed by atoms with Gasteiger partial charge in [-0.25, -0.2) is 9.78 Å². The van der Waals surface area contributed by atoms with Gasteiger partial charge in [-0.05, 0) is 57.9 Å². The molecular formula is C23H31N3O2S2. The highest BCUT2D eigenvalue weighted by molar-refractivity contribution is 7.86. The lowest BCUT2D eigenvalue weighted by atomic mass is 9.90. The van der Waals surface area contributed by atoms with Gasteiger partial charge in [-0.1, -0.05) is 36.0 Å². The van der Waals surface area contributed by atoms with Crippen molar-refractivity contribution in [2.24, 2.45) is 4.36 Å². The summed E-state index contributed by atoms with van der Waals surface area (Å²) in [5.74, 6) is 0.615. The van der Waals surface area contributed by atoms with Crippen LogP contribution in [0.3, 0.4) is 0 Å². The molecule has 4 rings (SSSR count). The molecule has 1 amide bonds. The van der Waals surface area contributed by atoms with Gasteiger partial charge in [0.1, 0.15) is 0 Å². The van der Waals surface area contributed by atoms with E-state index in [1.807, 2.05) is 37.4 Å². The molecule has 1 unspecified atom stereocenters. The standard InChI is InChI=1S/C23H31N3O2S2/c1-15(2)28-23(27)25-18-11-12-19(21(13-18)30(3)26-17-9-10-17)20-14-24-22(29-20)16-7-5-4-6-8-16/h11-17H,4-10H2,1-3H3,(H,25,27). The van der Waals surface area contributed by atoms with Crippen LogP contribution in [0, 0.1) is 0 Å². The SMILES string of the molecule is CC(C)OC(=O)Nc1ccc(-c2cnc(C3CCCCC3)s2)c(/S(C)=N/C2CC2)c1. The van der Waals surface area contributed by atoms with Gasteiger partial charge in [-0.2, -0.15) is 0 Å². The Hall–Kier alpha value is -1.73. The van der Waals surface area contributed by atoms with Gasteiger partial charge in [0.2, 0.25) is 0 Å². The molecule has 2 aliphatic carbocycles. The first-order chi connectivity index (χ1) is 14.5. The zero-order chi connectivity index (χ0) is 21.1. The molecule has 0 aliphatic heterocycles. The summed E-state index contributed by atoms with van der Waals surface area (Å²) >= 11 is 1.83. The highest BCUT2D eigenvalue weighted by Crippen LogP contribution is 2.40. The second kappa shape index (κ2) is 9.60. The fourth-order valence-corrected chi connectivity index (χ4v) is 6.58. The van der Waals surface area contributed by atoms with Gasteiger partial charge in [0.15, 0.2) is 0 Å². The van der Waals surface area contributed by atoms with Crippen LogP contribution >= 0.6 is 11.3 Å². The first kappa shape index (κ1) is 21.5. The van der Waals surface area contributed by atoms with Crippen molar-refractivity contribution in [3.05, 3.63) is 29.4 Å². The van der Waals surface area contributed by atoms with Gasteiger partial charge in [-0.3, -0.25) is 9.68 Å². The molecule has 1 aromatic heterocycles. The molecule has 2 fully saturated rings. The van der Waals surface area contributed by atoms with Crippen molar-refractivity contribution < 1.29 is 9.53 Å². The number of nitrogens with zero attached hydrogens (tertiary/aromatic N) is 2. The summed E-state index contributed by atoms with van der Waals surface area (Å²) in [6, 6.07) is 6.61. The second-order valence-electron chi connectivity index (χ2n) is 8.50. The van der Waals surface area contributed by atoms with Gasteiger partial charge in [-0.15, -0.1) is 11.3 Å². The van der Waals surface area contributed by atoms with E-state index in [4.69, 9.17) is 14.1 Å². The molecule has 162 valence electrons. The number of nitrogens with one attached hydrogen (secondary N) is 1. The predicted molar refractivity (Wildman–Crippen MR) is 126 cm³/mol. The fourth-order valence-electron chi connectivity index (χ4n) is 3.82. The third-order valence-electron chi connectivity index (χ3n) is 5.49. The number of aromatic nitrogens is 1. The Balaban J connectivity index is 1.63. The molecule has 1 atom stereocenters. The Bertz CT molecular complexity index is 928. The zero-order valence-electron chi connectivity index (χ0n) is 18.0. The minimum absolute atomic E-state index is 0.148. The average molecular weight is 446 g/mol. The van der Waals surface area contributed by atoms with Crippen LogP contribution in [-0.4, -0.2) is 29.5 Å². The monoisotopic (exact) mass is 445 g/mol. The number of benzene rings is 1. The van der Waals surface area contributed by atoms with Crippen molar-refractivity contribution in [2.75, 3.05) is 11.6 Å². The molecule has 0 bridgehead atoms. The fraction of sp³-hybridized carbons (Fsp3) is 0.565. The lowest BCUT2D eigenvalue weighted by Gasteiger charge is -2.19. The number of carbonyl (C=O) groups excluding carboxylic acids is 1. The van der Waals surface area contributed by atoms with Gasteiger partial charge in [0.25, 0.3) is 0 Å². The van der Waals surface area contributed by atoms with Crippen LogP contribution in [-0.2, 0) is 15.4 Å². The van der Waals surface area contributed by atoms with Crippen LogP contribution in [0.1, 0.15) is 69.7 Å². The number of hydrogen-bond donors (Lipinski definition) is 1. The van der Waals surface area contributed by atoms with E-state index >= 15 is 0 Å². The molecule has 1 heterocycles. The summed E-state index contributed by atoms with van der Waals surface area (Å²) in [4.78, 5) is 19.2. The number of carbonyl (C=O) groups is 1. The van der Waals surface area contributed by atoms with Crippen molar-refractivity contribution in [2.45, 2.75) is 81.8 Å². The summed E-state index contributed by atoms with van der Waals surface area (Å²) < 4.78 is 10.2. The summed E-state index contributed by atoms with van der Waals surface area (Å²) in [7, 11) is -0.233. The Labute approximate surface area is 185 Å². The normalized spacial score (nSPS) is 18.5. The molecular weight excluding hydrogens is 414 g/mol. The summed E-state index contributed by atoms with van der Waals surface area (Å²) in [5, 5.41) is 4.13. The smallest absolute Gasteiger partial charge is 0.411 e. The molecule has 7 heteroatoms. The van der Waals surface area contributed by atoms with Crippen LogP contribution in [0.4, 0.5) is 10.5 Å². The maximum atomic E-state index is 12.1. The van der Waals surface area contributed by atoms with Crippen LogP contribution in [0.5, 0.6) is 0 Å². The van der Waals surface area contributed by atoms with Gasteiger partial charge in [0, 0.05) is 28.3 Å². The summed E-state index contributed by atoms with van der Waals surface area (Å²) in [6.45, 7) is 3.69. The van der Waals surface area contributed by atoms with E-state index in [1.165, 1.54) is 65.3 Å². The molecule has 1 aromatic carbocycles. The van der Waals surface area contributed by atoms with Gasteiger partial charge >= 0.3 is 6.09 Å². The lowest BCUT2D eigenvalue weighted by molar-refractivity contribution is 0.130. The maximum Gasteiger partial charge on any atom is 0.411 e. The molecule has 30 heavy (non-hydrogen) atoms. The highest BCUT2D eigenvalue weighted by Gasteiger charge is 2.23. The number of thiazole rings is 1. The van der Waals surface area contributed by atoms with Crippen molar-refractivity contribution in [3.8, 4) is 10.4 Å². The Morgan fingerprint density at radius 3 is 2.70 bits per heavy atom. The second-order valence-corrected chi connectivity index (χ2v) is 11.2. The molecule has 2 aliphatic rings. The first-order valence-corrected chi connectivity index (χ1v) is 13.3. The number of hydrogen-bond acceptors (Lipinski definition) is 5. The van der Waals surface area contributed by atoms with E-state index in [0.717, 1.165) is 5.69 Å². The van der Waals surface area contributed by atoms with E-state index < -0.39 is 6.09 Å². The maximum absolute atomic E-state index is 12.1. The Morgan fingerprint density at radius 1 is 1.23 bits per heavy atom. The van der Waals surface area contributed by atoms with Crippen LogP contribution in [0.25, 0.3) is 10.4 Å². The molecule has 0 spiro atoms. The van der Waals surface area contributed by atoms with E-state index in [2.05, 4.69) is 23.7 Å². The number of anilines is 1. The van der Waals surface area contributed by atoms with E-state index in [9.17, 15) is 4.79 Å². The lowest BCUT2D eigenvalue weighted by Crippen LogP contribution is -2.18. The quantitative estimate of drug-likeness (QED) is 0.534. The minimum Gasteiger partial charge on any atom is -0.447 e. The first-order valence-electron chi connectivity index (χ1n) is 10.9. The number of ether oxygens (including phenoxy) is 1. The molecule has 0 radical (unpaired) electrons. The van der Waals surface area contributed by atoms with Gasteiger partial charge < -0.3 is 4.74 Å².